The highest BCUT2D eigenvalue weighted by atomic mass is 16.6. The number of nitrogens with zero attached hydrogens (tertiary/aromatic N) is 2. The molecule has 2 rings (SSSR count). The molecular weight excluding hydrogens is 288 g/mol. The van der Waals surface area contributed by atoms with Gasteiger partial charge in [0.2, 0.25) is 0 Å². The van der Waals surface area contributed by atoms with Crippen LogP contribution in [0.3, 0.4) is 0 Å². The van der Waals surface area contributed by atoms with Gasteiger partial charge < -0.3 is 9.15 Å². The van der Waals surface area contributed by atoms with E-state index in [-0.39, 0.29) is 11.3 Å². The summed E-state index contributed by atoms with van der Waals surface area (Å²) >= 11 is 0. The maximum absolute atomic E-state index is 11.3. The number of hydrogen-bond acceptors (Lipinski definition) is 6. The average Bonchev–Trinajstić information content (AvgIpc) is 3.00. The van der Waals surface area contributed by atoms with E-state index in [0.29, 0.717) is 17.1 Å². The van der Waals surface area contributed by atoms with Crippen LogP contribution in [-0.4, -0.2) is 18.0 Å². The van der Waals surface area contributed by atoms with Crippen LogP contribution >= 0.6 is 0 Å². The summed E-state index contributed by atoms with van der Waals surface area (Å²) in [7, 11) is 1.18. The fourth-order valence-electron chi connectivity index (χ4n) is 1.72. The molecule has 0 aliphatic rings. The topological polar surface area (TPSA) is 106 Å². The van der Waals surface area contributed by atoms with Crippen LogP contribution in [0.1, 0.15) is 5.76 Å². The third kappa shape index (κ3) is 3.19. The normalized spacial score (nSPS) is 10.8. The summed E-state index contributed by atoms with van der Waals surface area (Å²) < 4.78 is 9.96. The molecule has 7 heteroatoms. The summed E-state index contributed by atoms with van der Waals surface area (Å²) in [6, 6.07) is 10.8. The highest BCUT2D eigenvalue weighted by molar-refractivity contribution is 5.97. The number of non-ortho nitro benzene ring substituents is 1. The van der Waals surface area contributed by atoms with E-state index in [1.165, 1.54) is 25.3 Å². The largest absolute Gasteiger partial charge is 0.465 e. The summed E-state index contributed by atoms with van der Waals surface area (Å²) in [6.45, 7) is 0. The van der Waals surface area contributed by atoms with Crippen LogP contribution < -0.4 is 0 Å². The number of esters is 1. The molecule has 0 fully saturated rings. The molecule has 0 N–H and O–H groups in total. The Bertz CT molecular complexity index is 781. The third-order valence-corrected chi connectivity index (χ3v) is 2.80. The summed E-state index contributed by atoms with van der Waals surface area (Å²) in [5.41, 5.74) is 0.432. The summed E-state index contributed by atoms with van der Waals surface area (Å²) in [5.74, 6) is 0.00870. The molecule has 0 amide bonds. The fourth-order valence-corrected chi connectivity index (χ4v) is 1.72. The van der Waals surface area contributed by atoms with E-state index in [4.69, 9.17) is 9.68 Å². The Hall–Kier alpha value is -3.40. The molecule has 2 aromatic rings. The maximum Gasteiger partial charge on any atom is 0.348 e. The van der Waals surface area contributed by atoms with Crippen molar-refractivity contribution in [2.75, 3.05) is 7.11 Å². The van der Waals surface area contributed by atoms with E-state index in [2.05, 4.69) is 4.74 Å². The summed E-state index contributed by atoms with van der Waals surface area (Å²) in [4.78, 5) is 21.4. The van der Waals surface area contributed by atoms with E-state index in [1.807, 2.05) is 0 Å². The third-order valence-electron chi connectivity index (χ3n) is 2.80. The molecule has 1 heterocycles. The molecule has 0 aliphatic heterocycles. The van der Waals surface area contributed by atoms with Gasteiger partial charge in [-0.3, -0.25) is 10.1 Å². The Morgan fingerprint density at radius 1 is 1.32 bits per heavy atom. The fraction of sp³-hybridized carbons (Fsp3) is 0.0667. The van der Waals surface area contributed by atoms with Gasteiger partial charge in [-0.05, 0) is 24.3 Å². The van der Waals surface area contributed by atoms with Crippen LogP contribution in [0.4, 0.5) is 5.69 Å². The first kappa shape index (κ1) is 15.0. The van der Waals surface area contributed by atoms with Gasteiger partial charge in [-0.25, -0.2) is 4.79 Å². The number of nitro groups is 1. The van der Waals surface area contributed by atoms with Crippen molar-refractivity contribution < 1.29 is 18.9 Å². The van der Waals surface area contributed by atoms with Gasteiger partial charge in [-0.15, -0.1) is 0 Å². The zero-order valence-electron chi connectivity index (χ0n) is 11.5. The second-order valence-corrected chi connectivity index (χ2v) is 4.17. The van der Waals surface area contributed by atoms with Crippen molar-refractivity contribution in [3.63, 3.8) is 0 Å². The second-order valence-electron chi connectivity index (χ2n) is 4.17. The molecule has 0 atom stereocenters. The van der Waals surface area contributed by atoms with Gasteiger partial charge in [0.05, 0.1) is 12.0 Å². The van der Waals surface area contributed by atoms with Gasteiger partial charge >= 0.3 is 5.97 Å². The lowest BCUT2D eigenvalue weighted by Crippen LogP contribution is -2.02. The molecule has 1 aromatic carbocycles. The van der Waals surface area contributed by atoms with Crippen molar-refractivity contribution in [1.29, 1.82) is 5.26 Å². The van der Waals surface area contributed by atoms with Crippen LogP contribution in [0.25, 0.3) is 17.4 Å². The number of ether oxygens (including phenoxy) is 1. The van der Waals surface area contributed by atoms with Crippen LogP contribution in [-0.2, 0) is 9.53 Å². The molecule has 0 spiro atoms. The van der Waals surface area contributed by atoms with Gasteiger partial charge in [-0.1, -0.05) is 0 Å². The highest BCUT2D eigenvalue weighted by Gasteiger charge is 2.11. The maximum atomic E-state index is 11.3. The zero-order valence-corrected chi connectivity index (χ0v) is 11.5. The monoisotopic (exact) mass is 298 g/mol. The SMILES string of the molecule is COC(=O)/C(C#N)=C\c1ccc(-c2ccc([N+](=O)[O-])cc2)o1. The first-order chi connectivity index (χ1) is 10.5. The lowest BCUT2D eigenvalue weighted by molar-refractivity contribution is -0.384. The lowest BCUT2D eigenvalue weighted by Gasteiger charge is -1.97. The quantitative estimate of drug-likeness (QED) is 0.282. The minimum atomic E-state index is -0.754. The van der Waals surface area contributed by atoms with Gasteiger partial charge in [0.15, 0.2) is 0 Å². The van der Waals surface area contributed by atoms with Crippen molar-refractivity contribution in [1.82, 2.24) is 0 Å². The summed E-state index contributed by atoms with van der Waals surface area (Å²) in [5, 5.41) is 19.5. The standard InChI is InChI=1S/C15H10N2O5/c1-21-15(18)11(9-16)8-13-6-7-14(22-13)10-2-4-12(5-3-10)17(19)20/h2-8H,1H3/b11-8-. The van der Waals surface area contributed by atoms with Crippen LogP contribution in [0.5, 0.6) is 0 Å². The van der Waals surface area contributed by atoms with Gasteiger partial charge in [-0.2, -0.15) is 5.26 Å². The Morgan fingerprint density at radius 3 is 2.55 bits per heavy atom. The van der Waals surface area contributed by atoms with Crippen molar-refractivity contribution in [2.24, 2.45) is 0 Å². The van der Waals surface area contributed by atoms with Crippen LogP contribution in [0, 0.1) is 21.4 Å². The number of nitriles is 1. The minimum absolute atomic E-state index is 0.0205. The Balaban J connectivity index is 2.28. The zero-order chi connectivity index (χ0) is 16.1. The van der Waals surface area contributed by atoms with Crippen molar-refractivity contribution >= 4 is 17.7 Å². The Kier molecular flexibility index (Phi) is 4.34. The van der Waals surface area contributed by atoms with E-state index >= 15 is 0 Å². The number of carbonyl (C=O) groups is 1. The number of hydrogen-bond donors (Lipinski definition) is 0. The molecule has 0 saturated heterocycles. The molecular formula is C15H10N2O5. The first-order valence-electron chi connectivity index (χ1n) is 6.10. The average molecular weight is 298 g/mol. The molecule has 0 aliphatic carbocycles. The van der Waals surface area contributed by atoms with Gasteiger partial charge in [0.1, 0.15) is 23.2 Å². The van der Waals surface area contributed by atoms with Crippen LogP contribution in [0.2, 0.25) is 0 Å². The van der Waals surface area contributed by atoms with Crippen molar-refractivity contribution in [3.05, 3.63) is 57.8 Å². The van der Waals surface area contributed by atoms with Crippen molar-refractivity contribution in [3.8, 4) is 17.4 Å². The lowest BCUT2D eigenvalue weighted by atomic mass is 10.1. The second kappa shape index (κ2) is 6.37. The molecule has 0 radical (unpaired) electrons. The smallest absolute Gasteiger partial charge is 0.348 e. The van der Waals surface area contributed by atoms with E-state index in [1.54, 1.807) is 30.3 Å². The molecule has 0 saturated carbocycles. The molecule has 0 bridgehead atoms. The van der Waals surface area contributed by atoms with E-state index < -0.39 is 10.9 Å². The molecule has 7 nitrogen and oxygen atoms in total. The predicted octanol–water partition coefficient (Wildman–Crippen LogP) is 2.93. The summed E-state index contributed by atoms with van der Waals surface area (Å²) in [6.07, 6.45) is 1.26. The molecule has 0 unspecified atom stereocenters. The molecule has 22 heavy (non-hydrogen) atoms. The number of furan rings is 1. The number of nitro benzene ring substituents is 1. The highest BCUT2D eigenvalue weighted by Crippen LogP contribution is 2.25. The van der Waals surface area contributed by atoms with E-state index in [0.717, 1.165) is 0 Å². The van der Waals surface area contributed by atoms with Gasteiger partial charge in [0, 0.05) is 23.8 Å². The van der Waals surface area contributed by atoms with Gasteiger partial charge in [0.25, 0.3) is 5.69 Å². The minimum Gasteiger partial charge on any atom is -0.465 e. The number of methoxy groups -OCH3 is 1. The number of carbonyl (C=O) groups excluding carboxylic acids is 1. The Morgan fingerprint density at radius 2 is 2.00 bits per heavy atom. The number of benzene rings is 1. The molecule has 110 valence electrons. The Labute approximate surface area is 125 Å². The molecule has 1 aromatic heterocycles. The van der Waals surface area contributed by atoms with Crippen LogP contribution in [0.15, 0.2) is 46.4 Å². The number of rotatable bonds is 4. The van der Waals surface area contributed by atoms with Crippen molar-refractivity contribution in [2.45, 2.75) is 0 Å². The van der Waals surface area contributed by atoms with E-state index in [9.17, 15) is 14.9 Å². The predicted molar refractivity (Wildman–Crippen MR) is 76.4 cm³/mol. The first-order valence-corrected chi connectivity index (χ1v) is 6.10.